The molecule has 50 heavy (non-hydrogen) atoms. The van der Waals surface area contributed by atoms with Crippen molar-refractivity contribution >= 4 is 35.8 Å². The molecule has 12 heteroatoms. The third-order valence-electron chi connectivity index (χ3n) is 6.74. The van der Waals surface area contributed by atoms with Gasteiger partial charge in [0.25, 0.3) is 0 Å². The number of esters is 6. The molecule has 0 saturated carbocycles. The monoisotopic (exact) mass is 686 g/mol. The smallest absolute Gasteiger partial charge is 0.338 e. The molecular formula is C38H38O12. The fourth-order valence-electron chi connectivity index (χ4n) is 4.06. The molecule has 0 saturated heterocycles. The van der Waals surface area contributed by atoms with Gasteiger partial charge in [0.15, 0.2) is 0 Å². The highest BCUT2D eigenvalue weighted by Gasteiger charge is 2.14. The van der Waals surface area contributed by atoms with Crippen molar-refractivity contribution in [3.8, 4) is 0 Å². The SMILES string of the molecule is C=CCOC(=O)c1ccc(C(=O)OCCCCOC(=O)c2ccc(C(=O)OCCCCOC(=O)c3ccc(C(=O)OCC=C)cc3)cc2)cc1. The average molecular weight is 687 g/mol. The van der Waals surface area contributed by atoms with Crippen LogP contribution < -0.4 is 0 Å². The predicted molar refractivity (Wildman–Crippen MR) is 180 cm³/mol. The first kappa shape index (κ1) is 38.4. The second kappa shape index (κ2) is 21.0. The molecule has 3 aromatic carbocycles. The molecule has 0 fully saturated rings. The molecule has 0 aliphatic rings. The van der Waals surface area contributed by atoms with Crippen LogP contribution in [0.2, 0.25) is 0 Å². The van der Waals surface area contributed by atoms with Gasteiger partial charge in [0.2, 0.25) is 0 Å². The van der Waals surface area contributed by atoms with Crippen molar-refractivity contribution in [2.75, 3.05) is 39.6 Å². The average Bonchev–Trinajstić information content (AvgIpc) is 3.15. The van der Waals surface area contributed by atoms with Crippen LogP contribution in [0.3, 0.4) is 0 Å². The first-order valence-electron chi connectivity index (χ1n) is 15.8. The van der Waals surface area contributed by atoms with Crippen LogP contribution in [-0.4, -0.2) is 75.5 Å². The van der Waals surface area contributed by atoms with E-state index in [1.165, 1.54) is 84.9 Å². The third-order valence-corrected chi connectivity index (χ3v) is 6.74. The first-order chi connectivity index (χ1) is 24.2. The Kier molecular flexibility index (Phi) is 16.2. The lowest BCUT2D eigenvalue weighted by Crippen LogP contribution is -2.11. The van der Waals surface area contributed by atoms with Crippen LogP contribution in [0.5, 0.6) is 0 Å². The van der Waals surface area contributed by atoms with E-state index in [2.05, 4.69) is 13.2 Å². The van der Waals surface area contributed by atoms with Crippen molar-refractivity contribution in [1.29, 1.82) is 0 Å². The highest BCUT2D eigenvalue weighted by molar-refractivity contribution is 5.95. The maximum absolute atomic E-state index is 12.4. The molecule has 0 aliphatic heterocycles. The Morgan fingerprint density at radius 3 is 0.720 bits per heavy atom. The van der Waals surface area contributed by atoms with E-state index < -0.39 is 35.8 Å². The van der Waals surface area contributed by atoms with E-state index in [0.29, 0.717) is 36.8 Å². The fourth-order valence-corrected chi connectivity index (χ4v) is 4.06. The summed E-state index contributed by atoms with van der Waals surface area (Å²) in [5.41, 5.74) is 1.70. The summed E-state index contributed by atoms with van der Waals surface area (Å²) in [7, 11) is 0. The van der Waals surface area contributed by atoms with Crippen LogP contribution >= 0.6 is 0 Å². The minimum atomic E-state index is -0.565. The molecule has 262 valence electrons. The molecule has 3 rings (SSSR count). The van der Waals surface area contributed by atoms with Crippen LogP contribution in [0.25, 0.3) is 0 Å². The standard InChI is InChI=1S/C38H38O12/c1-3-21-45-33(39)27-9-13-29(14-10-27)35(41)47-23-5-7-25-49-37(43)31-17-19-32(20-18-31)38(44)50-26-8-6-24-48-36(42)30-15-11-28(12-16-30)34(40)46-22-4-2/h3-4,9-20H,1-2,5-8,21-26H2. The Balaban J connectivity index is 1.25. The molecule has 0 aromatic heterocycles. The van der Waals surface area contributed by atoms with Gasteiger partial charge in [-0.3, -0.25) is 0 Å². The van der Waals surface area contributed by atoms with Crippen LogP contribution in [-0.2, 0) is 28.4 Å². The lowest BCUT2D eigenvalue weighted by molar-refractivity contribution is 0.0429. The minimum absolute atomic E-state index is 0.0903. The van der Waals surface area contributed by atoms with E-state index in [9.17, 15) is 28.8 Å². The number of benzene rings is 3. The van der Waals surface area contributed by atoms with Gasteiger partial charge in [-0.15, -0.1) is 0 Å². The molecule has 3 aromatic rings. The second-order valence-corrected chi connectivity index (χ2v) is 10.5. The van der Waals surface area contributed by atoms with Gasteiger partial charge in [0, 0.05) is 0 Å². The van der Waals surface area contributed by atoms with E-state index in [0.717, 1.165) is 0 Å². The largest absolute Gasteiger partial charge is 0.462 e. The zero-order valence-electron chi connectivity index (χ0n) is 27.5. The van der Waals surface area contributed by atoms with Gasteiger partial charge in [-0.2, -0.15) is 0 Å². The summed E-state index contributed by atoms with van der Waals surface area (Å²) in [5, 5.41) is 0. The van der Waals surface area contributed by atoms with Crippen LogP contribution in [0.4, 0.5) is 0 Å². The summed E-state index contributed by atoms with van der Waals surface area (Å²) < 4.78 is 30.8. The topological polar surface area (TPSA) is 158 Å². The Morgan fingerprint density at radius 2 is 0.540 bits per heavy atom. The van der Waals surface area contributed by atoms with Crippen LogP contribution in [0.1, 0.15) is 87.8 Å². The Labute approximate surface area is 289 Å². The molecule has 0 spiro atoms. The second-order valence-electron chi connectivity index (χ2n) is 10.5. The summed E-state index contributed by atoms with van der Waals surface area (Å²) in [4.78, 5) is 72.8. The Morgan fingerprint density at radius 1 is 0.360 bits per heavy atom. The normalized spacial score (nSPS) is 10.2. The number of hydrogen-bond donors (Lipinski definition) is 0. The lowest BCUT2D eigenvalue weighted by atomic mass is 10.1. The van der Waals surface area contributed by atoms with Crippen molar-refractivity contribution in [1.82, 2.24) is 0 Å². The highest BCUT2D eigenvalue weighted by atomic mass is 16.6. The third kappa shape index (κ3) is 12.9. The number of ether oxygens (including phenoxy) is 6. The summed E-state index contributed by atoms with van der Waals surface area (Å²) in [6.07, 6.45) is 4.75. The summed E-state index contributed by atoms with van der Waals surface area (Å²) >= 11 is 0. The van der Waals surface area contributed by atoms with E-state index in [-0.39, 0.29) is 61.9 Å². The van der Waals surface area contributed by atoms with Crippen molar-refractivity contribution in [3.63, 3.8) is 0 Å². The van der Waals surface area contributed by atoms with Gasteiger partial charge < -0.3 is 28.4 Å². The van der Waals surface area contributed by atoms with Gasteiger partial charge in [-0.1, -0.05) is 25.3 Å². The van der Waals surface area contributed by atoms with E-state index >= 15 is 0 Å². The van der Waals surface area contributed by atoms with Gasteiger partial charge in [0.05, 0.1) is 59.8 Å². The molecule has 0 bridgehead atoms. The van der Waals surface area contributed by atoms with Crippen molar-refractivity contribution < 1.29 is 57.2 Å². The van der Waals surface area contributed by atoms with E-state index in [1.807, 2.05) is 0 Å². The molecule has 0 amide bonds. The quantitative estimate of drug-likeness (QED) is 0.0595. The molecule has 0 aliphatic carbocycles. The molecule has 0 unspecified atom stereocenters. The zero-order valence-corrected chi connectivity index (χ0v) is 27.5. The van der Waals surface area contributed by atoms with Crippen molar-refractivity contribution in [2.45, 2.75) is 25.7 Å². The first-order valence-corrected chi connectivity index (χ1v) is 15.8. The number of rotatable bonds is 20. The number of hydrogen-bond acceptors (Lipinski definition) is 12. The maximum Gasteiger partial charge on any atom is 0.338 e. The highest BCUT2D eigenvalue weighted by Crippen LogP contribution is 2.11. The number of carbonyl (C=O) groups is 6. The lowest BCUT2D eigenvalue weighted by Gasteiger charge is -2.08. The molecule has 0 heterocycles. The molecule has 0 atom stereocenters. The summed E-state index contributed by atoms with van der Waals surface area (Å²) in [6, 6.07) is 17.6. The molecule has 12 nitrogen and oxygen atoms in total. The molecular weight excluding hydrogens is 648 g/mol. The van der Waals surface area contributed by atoms with Crippen LogP contribution in [0, 0.1) is 0 Å². The van der Waals surface area contributed by atoms with Gasteiger partial charge in [-0.25, -0.2) is 28.8 Å². The fraction of sp³-hybridized carbons (Fsp3) is 0.263. The number of unbranched alkanes of at least 4 members (excludes halogenated alkanes) is 2. The Bertz CT molecular complexity index is 1500. The van der Waals surface area contributed by atoms with E-state index in [4.69, 9.17) is 28.4 Å². The van der Waals surface area contributed by atoms with E-state index in [1.54, 1.807) is 0 Å². The van der Waals surface area contributed by atoms with Gasteiger partial charge in [0.1, 0.15) is 13.2 Å². The predicted octanol–water partition coefficient (Wildman–Crippen LogP) is 5.96. The summed E-state index contributed by atoms with van der Waals surface area (Å²) in [5.74, 6) is -3.26. The minimum Gasteiger partial charge on any atom is -0.462 e. The van der Waals surface area contributed by atoms with Gasteiger partial charge >= 0.3 is 35.8 Å². The molecule has 0 N–H and O–H groups in total. The van der Waals surface area contributed by atoms with Gasteiger partial charge in [-0.05, 0) is 98.5 Å². The maximum atomic E-state index is 12.4. The Hall–Kier alpha value is -6.04. The van der Waals surface area contributed by atoms with Crippen molar-refractivity contribution in [2.24, 2.45) is 0 Å². The zero-order chi connectivity index (χ0) is 36.1. The number of carbonyl (C=O) groups excluding carboxylic acids is 6. The molecule has 0 radical (unpaired) electrons. The summed E-state index contributed by atoms with van der Waals surface area (Å²) in [6.45, 7) is 7.59. The van der Waals surface area contributed by atoms with Crippen molar-refractivity contribution in [3.05, 3.63) is 131 Å². The van der Waals surface area contributed by atoms with Crippen LogP contribution in [0.15, 0.2) is 98.1 Å².